The monoisotopic (exact) mass is 393 g/mol. The molecule has 1 aromatic carbocycles. The number of hydrogen-bond donors (Lipinski definition) is 2. The van der Waals surface area contributed by atoms with Crippen LogP contribution >= 0.6 is 34.3 Å². The fourth-order valence-electron chi connectivity index (χ4n) is 2.40. The summed E-state index contributed by atoms with van der Waals surface area (Å²) in [5, 5.41) is 9.41. The maximum atomic E-state index is 6.03. The lowest BCUT2D eigenvalue weighted by atomic mass is 10.3. The summed E-state index contributed by atoms with van der Waals surface area (Å²) in [6.45, 7) is 8.17. The smallest absolute Gasteiger partial charge is 0.191 e. The Balaban J connectivity index is 1.68. The van der Waals surface area contributed by atoms with E-state index in [1.807, 2.05) is 32.0 Å². The van der Waals surface area contributed by atoms with Gasteiger partial charge in [0, 0.05) is 16.4 Å². The SMILES string of the molecule is CCNC(=NCc1sc(C)nc1C)NCc1nc2cc(Cl)ccc2s1. The molecule has 0 aliphatic carbocycles. The van der Waals surface area contributed by atoms with E-state index in [4.69, 9.17) is 11.6 Å². The van der Waals surface area contributed by atoms with Gasteiger partial charge in [0.15, 0.2) is 5.96 Å². The summed E-state index contributed by atoms with van der Waals surface area (Å²) in [5.41, 5.74) is 2.00. The van der Waals surface area contributed by atoms with E-state index < -0.39 is 0 Å². The Bertz CT molecular complexity index is 900. The highest BCUT2D eigenvalue weighted by Gasteiger charge is 2.07. The van der Waals surface area contributed by atoms with Crippen molar-refractivity contribution in [2.75, 3.05) is 6.54 Å². The Morgan fingerprint density at radius 2 is 2.04 bits per heavy atom. The van der Waals surface area contributed by atoms with Gasteiger partial charge in [0.25, 0.3) is 0 Å². The zero-order chi connectivity index (χ0) is 17.8. The fourth-order valence-corrected chi connectivity index (χ4v) is 4.31. The molecule has 132 valence electrons. The van der Waals surface area contributed by atoms with E-state index in [1.165, 1.54) is 4.88 Å². The lowest BCUT2D eigenvalue weighted by Gasteiger charge is -2.09. The Labute approximate surface area is 160 Å². The number of hydrogen-bond acceptors (Lipinski definition) is 5. The molecule has 0 fully saturated rings. The normalized spacial score (nSPS) is 11.9. The zero-order valence-corrected chi connectivity index (χ0v) is 16.8. The number of nitrogens with one attached hydrogen (secondary N) is 2. The van der Waals surface area contributed by atoms with E-state index >= 15 is 0 Å². The van der Waals surface area contributed by atoms with Crippen LogP contribution in [0.5, 0.6) is 0 Å². The lowest BCUT2D eigenvalue weighted by Crippen LogP contribution is -2.36. The molecule has 0 saturated carbocycles. The Hall–Kier alpha value is -1.70. The van der Waals surface area contributed by atoms with Crippen LogP contribution in [-0.2, 0) is 13.1 Å². The molecule has 2 N–H and O–H groups in total. The quantitative estimate of drug-likeness (QED) is 0.501. The van der Waals surface area contributed by atoms with Gasteiger partial charge in [-0.15, -0.1) is 22.7 Å². The van der Waals surface area contributed by atoms with Crippen LogP contribution in [0.3, 0.4) is 0 Å². The minimum atomic E-state index is 0.627. The summed E-state index contributed by atoms with van der Waals surface area (Å²) in [5.74, 6) is 0.783. The van der Waals surface area contributed by atoms with Crippen LogP contribution < -0.4 is 10.6 Å². The molecule has 0 saturated heterocycles. The van der Waals surface area contributed by atoms with Crippen molar-refractivity contribution in [1.29, 1.82) is 0 Å². The Morgan fingerprint density at radius 3 is 2.76 bits per heavy atom. The highest BCUT2D eigenvalue weighted by atomic mass is 35.5. The van der Waals surface area contributed by atoms with E-state index in [-0.39, 0.29) is 0 Å². The summed E-state index contributed by atoms with van der Waals surface area (Å²) in [6, 6.07) is 5.79. The van der Waals surface area contributed by atoms with Crippen LogP contribution in [-0.4, -0.2) is 22.5 Å². The predicted molar refractivity (Wildman–Crippen MR) is 108 cm³/mol. The highest BCUT2D eigenvalue weighted by Crippen LogP contribution is 2.24. The van der Waals surface area contributed by atoms with Crippen molar-refractivity contribution in [3.05, 3.63) is 43.8 Å². The van der Waals surface area contributed by atoms with Crippen LogP contribution in [0.25, 0.3) is 10.2 Å². The predicted octanol–water partition coefficient (Wildman–Crippen LogP) is 4.28. The first kappa shape index (κ1) is 18.1. The number of thiazole rings is 2. The van der Waals surface area contributed by atoms with E-state index in [2.05, 4.69) is 32.5 Å². The number of rotatable bonds is 5. The molecule has 0 unspecified atom stereocenters. The van der Waals surface area contributed by atoms with Crippen molar-refractivity contribution in [3.63, 3.8) is 0 Å². The number of nitrogens with zero attached hydrogens (tertiary/aromatic N) is 3. The standard InChI is InChI=1S/C17H20ClN5S2/c1-4-19-17(20-8-15-10(2)22-11(3)24-15)21-9-16-23-13-7-12(18)5-6-14(13)25-16/h5-7H,4,8-9H2,1-3H3,(H2,19,20,21). The first-order valence-corrected chi connectivity index (χ1v) is 10.1. The molecule has 0 aliphatic rings. The molecule has 3 rings (SSSR count). The van der Waals surface area contributed by atoms with Crippen LogP contribution in [0, 0.1) is 13.8 Å². The summed E-state index contributed by atoms with van der Waals surface area (Å²) in [4.78, 5) is 14.9. The molecule has 8 heteroatoms. The molecule has 0 spiro atoms. The van der Waals surface area contributed by atoms with Gasteiger partial charge >= 0.3 is 0 Å². The summed E-state index contributed by atoms with van der Waals surface area (Å²) in [7, 11) is 0. The largest absolute Gasteiger partial charge is 0.357 e. The van der Waals surface area contributed by atoms with Gasteiger partial charge in [0.05, 0.1) is 34.0 Å². The van der Waals surface area contributed by atoms with Crippen molar-refractivity contribution in [1.82, 2.24) is 20.6 Å². The van der Waals surface area contributed by atoms with E-state index in [0.29, 0.717) is 18.1 Å². The number of fused-ring (bicyclic) bond motifs is 1. The van der Waals surface area contributed by atoms with Crippen LogP contribution in [0.15, 0.2) is 23.2 Å². The molecule has 2 aromatic heterocycles. The van der Waals surface area contributed by atoms with Gasteiger partial charge in [0.1, 0.15) is 5.01 Å². The van der Waals surface area contributed by atoms with Crippen molar-refractivity contribution in [2.45, 2.75) is 33.9 Å². The van der Waals surface area contributed by atoms with Gasteiger partial charge in [-0.1, -0.05) is 11.6 Å². The third kappa shape index (κ3) is 4.68. The zero-order valence-electron chi connectivity index (χ0n) is 14.4. The number of guanidine groups is 1. The van der Waals surface area contributed by atoms with Gasteiger partial charge in [0.2, 0.25) is 0 Å². The number of aliphatic imine (C=N–C) groups is 1. The highest BCUT2D eigenvalue weighted by molar-refractivity contribution is 7.18. The van der Waals surface area contributed by atoms with E-state index in [1.54, 1.807) is 22.7 Å². The van der Waals surface area contributed by atoms with Crippen LogP contribution in [0.4, 0.5) is 0 Å². The molecule has 0 aliphatic heterocycles. The van der Waals surface area contributed by atoms with Crippen LogP contribution in [0.2, 0.25) is 5.02 Å². The maximum Gasteiger partial charge on any atom is 0.191 e. The van der Waals surface area contributed by atoms with Gasteiger partial charge in [-0.25, -0.2) is 15.0 Å². The Morgan fingerprint density at radius 1 is 1.20 bits per heavy atom. The molecule has 0 bridgehead atoms. The molecule has 5 nitrogen and oxygen atoms in total. The topological polar surface area (TPSA) is 62.2 Å². The van der Waals surface area contributed by atoms with Gasteiger partial charge in [-0.2, -0.15) is 0 Å². The molecular formula is C17H20ClN5S2. The summed E-state index contributed by atoms with van der Waals surface area (Å²) in [6.07, 6.45) is 0. The first-order chi connectivity index (χ1) is 12.0. The Kier molecular flexibility index (Phi) is 5.88. The molecule has 0 atom stereocenters. The lowest BCUT2D eigenvalue weighted by molar-refractivity contribution is 0.813. The number of aryl methyl sites for hydroxylation is 2. The average molecular weight is 394 g/mol. The molecule has 25 heavy (non-hydrogen) atoms. The summed E-state index contributed by atoms with van der Waals surface area (Å²) < 4.78 is 1.14. The molecule has 0 amide bonds. The van der Waals surface area contributed by atoms with Crippen LogP contribution in [0.1, 0.15) is 27.5 Å². The van der Waals surface area contributed by atoms with E-state index in [9.17, 15) is 0 Å². The van der Waals surface area contributed by atoms with Crippen molar-refractivity contribution in [3.8, 4) is 0 Å². The van der Waals surface area contributed by atoms with Gasteiger partial charge < -0.3 is 10.6 Å². The second kappa shape index (κ2) is 8.12. The second-order valence-corrected chi connectivity index (χ2v) is 8.35. The number of benzene rings is 1. The second-order valence-electron chi connectivity index (χ2n) is 5.51. The first-order valence-electron chi connectivity index (χ1n) is 8.05. The fraction of sp³-hybridized carbons (Fsp3) is 0.353. The van der Waals surface area contributed by atoms with Crippen molar-refractivity contribution in [2.24, 2.45) is 4.99 Å². The van der Waals surface area contributed by atoms with Gasteiger partial charge in [-0.3, -0.25) is 0 Å². The number of halogens is 1. The van der Waals surface area contributed by atoms with Crippen molar-refractivity contribution < 1.29 is 0 Å². The minimum Gasteiger partial charge on any atom is -0.357 e. The third-order valence-electron chi connectivity index (χ3n) is 3.53. The molecular weight excluding hydrogens is 374 g/mol. The molecule has 0 radical (unpaired) electrons. The number of aromatic nitrogens is 2. The van der Waals surface area contributed by atoms with Crippen molar-refractivity contribution >= 4 is 50.5 Å². The average Bonchev–Trinajstić information content (AvgIpc) is 3.11. The third-order valence-corrected chi connectivity index (χ3v) is 5.85. The maximum absolute atomic E-state index is 6.03. The minimum absolute atomic E-state index is 0.627. The van der Waals surface area contributed by atoms with E-state index in [0.717, 1.165) is 38.4 Å². The molecule has 2 heterocycles. The molecule has 3 aromatic rings. The summed E-state index contributed by atoms with van der Waals surface area (Å²) >= 11 is 9.39. The van der Waals surface area contributed by atoms with Gasteiger partial charge in [-0.05, 0) is 39.0 Å².